The Hall–Kier alpha value is -1.47. The number of aliphatic hydroxyl groups is 1. The number of ether oxygens (including phenoxy) is 1. The molecular formula is C10H11BrN2O4. The summed E-state index contributed by atoms with van der Waals surface area (Å²) in [6, 6.07) is 1.58. The van der Waals surface area contributed by atoms with E-state index in [4.69, 9.17) is 0 Å². The number of amides is 1. The van der Waals surface area contributed by atoms with Gasteiger partial charge in [-0.3, -0.25) is 9.78 Å². The molecule has 0 aromatic carbocycles. The monoisotopic (exact) mass is 302 g/mol. The molecule has 92 valence electrons. The number of nitrogens with one attached hydrogen (secondary N) is 1. The van der Waals surface area contributed by atoms with Crippen LogP contribution in [0, 0.1) is 0 Å². The largest absolute Gasteiger partial charge is 0.467 e. The maximum Gasteiger partial charge on any atom is 0.336 e. The summed E-state index contributed by atoms with van der Waals surface area (Å²) in [4.78, 5) is 26.3. The highest BCUT2D eigenvalue weighted by atomic mass is 79.9. The van der Waals surface area contributed by atoms with Gasteiger partial charge in [0.1, 0.15) is 0 Å². The lowest BCUT2D eigenvalue weighted by atomic mass is 10.2. The van der Waals surface area contributed by atoms with Crippen LogP contribution in [0.25, 0.3) is 0 Å². The van der Waals surface area contributed by atoms with Crippen molar-refractivity contribution < 1.29 is 19.4 Å². The number of aromatic nitrogens is 1. The summed E-state index contributed by atoms with van der Waals surface area (Å²) in [7, 11) is 1.16. The smallest absolute Gasteiger partial charge is 0.336 e. The Balaban J connectivity index is 2.53. The summed E-state index contributed by atoms with van der Waals surface area (Å²) < 4.78 is 4.97. The number of halogens is 1. The molecule has 0 aliphatic heterocycles. The molecule has 17 heavy (non-hydrogen) atoms. The van der Waals surface area contributed by atoms with Gasteiger partial charge in [-0.1, -0.05) is 0 Å². The summed E-state index contributed by atoms with van der Waals surface area (Å²) in [5, 5.41) is 11.6. The van der Waals surface area contributed by atoms with E-state index in [9.17, 15) is 14.7 Å². The normalized spacial score (nSPS) is 11.7. The molecule has 7 heteroatoms. The molecule has 0 radical (unpaired) electrons. The van der Waals surface area contributed by atoms with Gasteiger partial charge in [-0.2, -0.15) is 0 Å². The van der Waals surface area contributed by atoms with Crippen molar-refractivity contribution in [1.29, 1.82) is 0 Å². The predicted molar refractivity (Wildman–Crippen MR) is 62.3 cm³/mol. The zero-order valence-corrected chi connectivity index (χ0v) is 10.6. The number of carbonyl (C=O) groups is 2. The van der Waals surface area contributed by atoms with E-state index in [0.717, 1.165) is 7.11 Å². The van der Waals surface area contributed by atoms with Gasteiger partial charge >= 0.3 is 5.97 Å². The number of rotatable bonds is 4. The molecule has 1 aromatic rings. The van der Waals surface area contributed by atoms with Crippen molar-refractivity contribution >= 4 is 27.8 Å². The molecular weight excluding hydrogens is 292 g/mol. The fourth-order valence-electron chi connectivity index (χ4n) is 1.05. The summed E-state index contributed by atoms with van der Waals surface area (Å²) >= 11 is 3.18. The van der Waals surface area contributed by atoms with Gasteiger partial charge < -0.3 is 15.2 Å². The van der Waals surface area contributed by atoms with Crippen LogP contribution in [0.3, 0.4) is 0 Å². The van der Waals surface area contributed by atoms with Gasteiger partial charge in [0.2, 0.25) is 0 Å². The topological polar surface area (TPSA) is 88.5 Å². The van der Waals surface area contributed by atoms with Crippen LogP contribution in [0.1, 0.15) is 10.4 Å². The molecule has 0 bridgehead atoms. The van der Waals surface area contributed by atoms with Gasteiger partial charge in [-0.05, 0) is 22.0 Å². The zero-order chi connectivity index (χ0) is 12.8. The third-order valence-electron chi connectivity index (χ3n) is 1.90. The van der Waals surface area contributed by atoms with E-state index in [1.54, 1.807) is 12.3 Å². The van der Waals surface area contributed by atoms with Crippen LogP contribution >= 0.6 is 15.9 Å². The van der Waals surface area contributed by atoms with E-state index in [2.05, 4.69) is 31.0 Å². The van der Waals surface area contributed by atoms with E-state index >= 15 is 0 Å². The van der Waals surface area contributed by atoms with E-state index in [0.29, 0.717) is 10.0 Å². The van der Waals surface area contributed by atoms with Crippen molar-refractivity contribution in [3.63, 3.8) is 0 Å². The van der Waals surface area contributed by atoms with Gasteiger partial charge in [0.25, 0.3) is 5.91 Å². The number of carbonyl (C=O) groups excluding carboxylic acids is 2. The Morgan fingerprint density at radius 2 is 2.29 bits per heavy atom. The summed E-state index contributed by atoms with van der Waals surface area (Å²) in [6.07, 6.45) is 1.55. The Morgan fingerprint density at radius 1 is 1.59 bits per heavy atom. The maximum absolute atomic E-state index is 11.6. The van der Waals surface area contributed by atoms with Crippen molar-refractivity contribution in [3.8, 4) is 0 Å². The van der Waals surface area contributed by atoms with Crippen molar-refractivity contribution in [1.82, 2.24) is 10.3 Å². The minimum atomic E-state index is -1.37. The van der Waals surface area contributed by atoms with Crippen molar-refractivity contribution in [2.45, 2.75) is 6.10 Å². The third kappa shape index (κ3) is 4.12. The first kappa shape index (κ1) is 13.6. The fraction of sp³-hybridized carbons (Fsp3) is 0.300. The molecule has 2 N–H and O–H groups in total. The second-order valence-electron chi connectivity index (χ2n) is 3.14. The molecule has 0 saturated heterocycles. The van der Waals surface area contributed by atoms with Crippen LogP contribution < -0.4 is 5.32 Å². The molecule has 1 atom stereocenters. The first-order valence-electron chi connectivity index (χ1n) is 4.69. The van der Waals surface area contributed by atoms with Crippen LogP contribution in [0.15, 0.2) is 22.9 Å². The Morgan fingerprint density at radius 3 is 2.88 bits per heavy atom. The summed E-state index contributed by atoms with van der Waals surface area (Å²) in [5.41, 5.74) is 0.330. The van der Waals surface area contributed by atoms with Crippen LogP contribution in [-0.4, -0.2) is 41.7 Å². The van der Waals surface area contributed by atoms with E-state index in [1.807, 2.05) is 0 Å². The first-order chi connectivity index (χ1) is 8.04. The number of esters is 1. The lowest BCUT2D eigenvalue weighted by Crippen LogP contribution is -2.37. The average Bonchev–Trinajstić information content (AvgIpc) is 2.34. The van der Waals surface area contributed by atoms with Crippen LogP contribution in [-0.2, 0) is 9.53 Å². The Labute approximate surface area is 106 Å². The number of pyridine rings is 1. The lowest BCUT2D eigenvalue weighted by molar-refractivity contribution is -0.149. The molecule has 0 aliphatic rings. The molecule has 1 amide bonds. The standard InChI is InChI=1S/C10H11BrN2O4/c1-17-10(16)8(14)5-13-9(15)6-2-7(11)4-12-3-6/h2-4,8,14H,5H2,1H3,(H,13,15). The molecule has 0 fully saturated rings. The van der Waals surface area contributed by atoms with E-state index in [1.165, 1.54) is 6.20 Å². The highest BCUT2D eigenvalue weighted by Gasteiger charge is 2.16. The minimum absolute atomic E-state index is 0.210. The fourth-order valence-corrected chi connectivity index (χ4v) is 1.41. The van der Waals surface area contributed by atoms with Crippen LogP contribution in [0.2, 0.25) is 0 Å². The van der Waals surface area contributed by atoms with Crippen molar-refractivity contribution in [3.05, 3.63) is 28.5 Å². The van der Waals surface area contributed by atoms with Gasteiger partial charge in [0.15, 0.2) is 6.10 Å². The SMILES string of the molecule is COC(=O)C(O)CNC(=O)c1cncc(Br)c1. The highest BCUT2D eigenvalue weighted by Crippen LogP contribution is 2.09. The molecule has 6 nitrogen and oxygen atoms in total. The van der Waals surface area contributed by atoms with E-state index < -0.39 is 18.0 Å². The molecule has 0 aliphatic carbocycles. The molecule has 0 saturated carbocycles. The second-order valence-corrected chi connectivity index (χ2v) is 4.06. The lowest BCUT2D eigenvalue weighted by Gasteiger charge is -2.09. The number of hydrogen-bond donors (Lipinski definition) is 2. The van der Waals surface area contributed by atoms with Gasteiger partial charge in [0.05, 0.1) is 19.2 Å². The first-order valence-corrected chi connectivity index (χ1v) is 5.48. The third-order valence-corrected chi connectivity index (χ3v) is 2.33. The molecule has 1 aromatic heterocycles. The molecule has 1 rings (SSSR count). The number of aliphatic hydroxyl groups excluding tert-OH is 1. The Bertz CT molecular complexity index is 425. The summed E-state index contributed by atoms with van der Waals surface area (Å²) in [5.74, 6) is -1.22. The number of hydrogen-bond acceptors (Lipinski definition) is 5. The van der Waals surface area contributed by atoms with Gasteiger partial charge in [-0.25, -0.2) is 4.79 Å². The van der Waals surface area contributed by atoms with Gasteiger partial charge in [-0.15, -0.1) is 0 Å². The molecule has 1 heterocycles. The number of nitrogens with zero attached hydrogens (tertiary/aromatic N) is 1. The average molecular weight is 303 g/mol. The van der Waals surface area contributed by atoms with Crippen molar-refractivity contribution in [2.24, 2.45) is 0 Å². The second kappa shape index (κ2) is 6.31. The van der Waals surface area contributed by atoms with E-state index in [-0.39, 0.29) is 6.54 Å². The quantitative estimate of drug-likeness (QED) is 0.771. The molecule has 0 spiro atoms. The van der Waals surface area contributed by atoms with Crippen LogP contribution in [0.5, 0.6) is 0 Å². The molecule has 1 unspecified atom stereocenters. The number of methoxy groups -OCH3 is 1. The van der Waals surface area contributed by atoms with Gasteiger partial charge in [0, 0.05) is 16.9 Å². The highest BCUT2D eigenvalue weighted by molar-refractivity contribution is 9.10. The zero-order valence-electron chi connectivity index (χ0n) is 9.01. The Kier molecular flexibility index (Phi) is 5.05. The predicted octanol–water partition coefficient (Wildman–Crippen LogP) is 0.108. The minimum Gasteiger partial charge on any atom is -0.467 e. The maximum atomic E-state index is 11.6. The van der Waals surface area contributed by atoms with Crippen LogP contribution in [0.4, 0.5) is 0 Å². The summed E-state index contributed by atoms with van der Waals surface area (Å²) in [6.45, 7) is -0.210. The van der Waals surface area contributed by atoms with Crippen molar-refractivity contribution in [2.75, 3.05) is 13.7 Å².